The number of rotatable bonds is 6. The lowest BCUT2D eigenvalue weighted by atomic mass is 9.73. The number of unbranched alkanes of at least 4 members (excludes halogenated alkanes) is 1. The molecule has 2 aliphatic rings. The van der Waals surface area contributed by atoms with E-state index < -0.39 is 29.4 Å². The Morgan fingerprint density at radius 3 is 2.48 bits per heavy atom. The number of carboxylic acids is 1. The summed E-state index contributed by atoms with van der Waals surface area (Å²) in [5.74, 6) is -3.58. The lowest BCUT2D eigenvalue weighted by Gasteiger charge is -2.34. The average Bonchev–Trinajstić information content (AvgIpc) is 3.10. The summed E-state index contributed by atoms with van der Waals surface area (Å²) < 4.78 is 0. The standard InChI is InChI=1S/C21H28N2O4/c1-5-6-11-23-18(24)15-16(19(23)25)21(12(2)3,20(26)27)22-17(15)14-10-8-7-9-13(14)4/h7-10,12,15-17,22H,5-6,11H2,1-4H3,(H,26,27). The third kappa shape index (κ3) is 2.78. The van der Waals surface area contributed by atoms with Gasteiger partial charge >= 0.3 is 5.97 Å². The number of aliphatic carboxylic acids is 1. The van der Waals surface area contributed by atoms with Gasteiger partial charge < -0.3 is 5.11 Å². The van der Waals surface area contributed by atoms with Gasteiger partial charge in [0.1, 0.15) is 5.54 Å². The van der Waals surface area contributed by atoms with Crippen LogP contribution < -0.4 is 5.32 Å². The normalized spacial score (nSPS) is 30.3. The van der Waals surface area contributed by atoms with E-state index in [1.165, 1.54) is 4.90 Å². The number of aryl methyl sites for hydroxylation is 1. The van der Waals surface area contributed by atoms with Crippen molar-refractivity contribution in [2.45, 2.75) is 52.1 Å². The molecule has 146 valence electrons. The zero-order valence-electron chi connectivity index (χ0n) is 16.4. The molecule has 3 rings (SSSR count). The summed E-state index contributed by atoms with van der Waals surface area (Å²) >= 11 is 0. The van der Waals surface area contributed by atoms with Gasteiger partial charge in [-0.2, -0.15) is 0 Å². The summed E-state index contributed by atoms with van der Waals surface area (Å²) in [6, 6.07) is 7.16. The van der Waals surface area contributed by atoms with E-state index in [1.807, 2.05) is 38.1 Å². The first-order valence-corrected chi connectivity index (χ1v) is 9.69. The number of fused-ring (bicyclic) bond motifs is 1. The molecule has 2 aliphatic heterocycles. The number of carbonyl (C=O) groups excluding carboxylic acids is 2. The Balaban J connectivity index is 2.14. The molecule has 1 aromatic carbocycles. The van der Waals surface area contributed by atoms with E-state index in [4.69, 9.17) is 0 Å². The van der Waals surface area contributed by atoms with Crippen molar-refractivity contribution < 1.29 is 19.5 Å². The SMILES string of the molecule is CCCCN1C(=O)C2C(c3ccccc3C)NC(C(=O)O)(C(C)C)C2C1=O. The molecule has 2 N–H and O–H groups in total. The van der Waals surface area contributed by atoms with Crippen molar-refractivity contribution in [3.05, 3.63) is 35.4 Å². The largest absolute Gasteiger partial charge is 0.480 e. The van der Waals surface area contributed by atoms with Crippen molar-refractivity contribution in [2.24, 2.45) is 17.8 Å². The fourth-order valence-electron chi connectivity index (χ4n) is 4.71. The van der Waals surface area contributed by atoms with Crippen LogP contribution in [-0.4, -0.2) is 39.9 Å². The number of imide groups is 1. The van der Waals surface area contributed by atoms with E-state index in [0.29, 0.717) is 6.54 Å². The number of benzene rings is 1. The highest BCUT2D eigenvalue weighted by atomic mass is 16.4. The maximum Gasteiger partial charge on any atom is 0.325 e. The first kappa shape index (κ1) is 19.5. The molecule has 0 saturated carbocycles. The van der Waals surface area contributed by atoms with Gasteiger partial charge in [-0.1, -0.05) is 51.5 Å². The van der Waals surface area contributed by atoms with E-state index in [2.05, 4.69) is 5.32 Å². The van der Waals surface area contributed by atoms with Crippen molar-refractivity contribution in [2.75, 3.05) is 6.54 Å². The van der Waals surface area contributed by atoms with Gasteiger partial charge in [-0.25, -0.2) is 0 Å². The Morgan fingerprint density at radius 1 is 1.26 bits per heavy atom. The number of carbonyl (C=O) groups is 3. The molecule has 0 radical (unpaired) electrons. The van der Waals surface area contributed by atoms with Crippen LogP contribution in [0.4, 0.5) is 0 Å². The van der Waals surface area contributed by atoms with Crippen LogP contribution in [0.1, 0.15) is 50.8 Å². The summed E-state index contributed by atoms with van der Waals surface area (Å²) in [7, 11) is 0. The van der Waals surface area contributed by atoms with Crippen LogP contribution in [0.5, 0.6) is 0 Å². The van der Waals surface area contributed by atoms with Crippen molar-refractivity contribution >= 4 is 17.8 Å². The fraction of sp³-hybridized carbons (Fsp3) is 0.571. The molecule has 2 heterocycles. The average molecular weight is 372 g/mol. The highest BCUT2D eigenvalue weighted by molar-refractivity contribution is 6.09. The van der Waals surface area contributed by atoms with Gasteiger partial charge in [0.05, 0.1) is 11.8 Å². The minimum absolute atomic E-state index is 0.247. The number of carboxylic acid groups (broad SMARTS) is 1. The second kappa shape index (κ2) is 7.08. The minimum Gasteiger partial charge on any atom is -0.480 e. The molecule has 27 heavy (non-hydrogen) atoms. The van der Waals surface area contributed by atoms with Crippen LogP contribution in [0, 0.1) is 24.7 Å². The molecular weight excluding hydrogens is 344 g/mol. The summed E-state index contributed by atoms with van der Waals surface area (Å²) in [6.07, 6.45) is 1.58. The third-order valence-electron chi connectivity index (χ3n) is 6.21. The molecular formula is C21H28N2O4. The van der Waals surface area contributed by atoms with E-state index in [9.17, 15) is 19.5 Å². The molecule has 2 fully saturated rings. The van der Waals surface area contributed by atoms with Crippen molar-refractivity contribution in [3.63, 3.8) is 0 Å². The van der Waals surface area contributed by atoms with Crippen LogP contribution in [0.25, 0.3) is 0 Å². The lowest BCUT2D eigenvalue weighted by molar-refractivity contribution is -0.153. The van der Waals surface area contributed by atoms with Gasteiger partial charge in [-0.05, 0) is 30.4 Å². The van der Waals surface area contributed by atoms with Crippen molar-refractivity contribution in [1.29, 1.82) is 0 Å². The monoisotopic (exact) mass is 372 g/mol. The number of nitrogens with zero attached hydrogens (tertiary/aromatic N) is 1. The van der Waals surface area contributed by atoms with Crippen LogP contribution in [0.2, 0.25) is 0 Å². The topological polar surface area (TPSA) is 86.7 Å². The Hall–Kier alpha value is -2.21. The van der Waals surface area contributed by atoms with E-state index in [-0.39, 0.29) is 17.7 Å². The molecule has 0 spiro atoms. The first-order valence-electron chi connectivity index (χ1n) is 9.69. The van der Waals surface area contributed by atoms with Gasteiger partial charge in [0.25, 0.3) is 0 Å². The second-order valence-corrected chi connectivity index (χ2v) is 7.99. The predicted octanol–water partition coefficient (Wildman–Crippen LogP) is 2.52. The van der Waals surface area contributed by atoms with Crippen molar-refractivity contribution in [1.82, 2.24) is 10.2 Å². The Morgan fingerprint density at radius 2 is 1.93 bits per heavy atom. The predicted molar refractivity (Wildman–Crippen MR) is 101 cm³/mol. The molecule has 4 unspecified atom stereocenters. The zero-order valence-corrected chi connectivity index (χ0v) is 16.4. The van der Waals surface area contributed by atoms with Crippen LogP contribution in [0.3, 0.4) is 0 Å². The molecule has 6 nitrogen and oxygen atoms in total. The number of nitrogens with one attached hydrogen (secondary N) is 1. The molecule has 1 aromatic rings. The molecule has 0 bridgehead atoms. The Labute approximate surface area is 159 Å². The smallest absolute Gasteiger partial charge is 0.325 e. The first-order chi connectivity index (χ1) is 12.8. The highest BCUT2D eigenvalue weighted by Gasteiger charge is 2.69. The number of amides is 2. The summed E-state index contributed by atoms with van der Waals surface area (Å²) in [5, 5.41) is 13.4. The van der Waals surface area contributed by atoms with E-state index >= 15 is 0 Å². The zero-order chi connectivity index (χ0) is 19.9. The van der Waals surface area contributed by atoms with Crippen LogP contribution >= 0.6 is 0 Å². The molecule has 6 heteroatoms. The number of hydrogen-bond donors (Lipinski definition) is 2. The lowest BCUT2D eigenvalue weighted by Crippen LogP contribution is -2.59. The van der Waals surface area contributed by atoms with Crippen LogP contribution in [0.15, 0.2) is 24.3 Å². The van der Waals surface area contributed by atoms with Gasteiger partial charge in [-0.15, -0.1) is 0 Å². The molecule has 4 atom stereocenters. The molecule has 0 aliphatic carbocycles. The number of hydrogen-bond acceptors (Lipinski definition) is 4. The summed E-state index contributed by atoms with van der Waals surface area (Å²) in [6.45, 7) is 7.89. The van der Waals surface area contributed by atoms with E-state index in [0.717, 1.165) is 24.0 Å². The van der Waals surface area contributed by atoms with Gasteiger partial charge in [0, 0.05) is 12.6 Å². The van der Waals surface area contributed by atoms with Gasteiger partial charge in [0.15, 0.2) is 0 Å². The molecule has 0 aromatic heterocycles. The van der Waals surface area contributed by atoms with Crippen molar-refractivity contribution in [3.8, 4) is 0 Å². The highest BCUT2D eigenvalue weighted by Crippen LogP contribution is 2.51. The Bertz CT molecular complexity index is 775. The quantitative estimate of drug-likeness (QED) is 0.750. The third-order valence-corrected chi connectivity index (χ3v) is 6.21. The maximum absolute atomic E-state index is 13.2. The summed E-state index contributed by atoms with van der Waals surface area (Å²) in [4.78, 5) is 40.1. The molecule has 2 saturated heterocycles. The number of likely N-dealkylation sites (tertiary alicyclic amines) is 1. The Kier molecular flexibility index (Phi) is 5.12. The maximum atomic E-state index is 13.2. The summed E-state index contributed by atoms with van der Waals surface area (Å²) in [5.41, 5.74) is 0.409. The molecule has 2 amide bonds. The minimum atomic E-state index is -1.45. The fourth-order valence-corrected chi connectivity index (χ4v) is 4.71. The van der Waals surface area contributed by atoms with Crippen LogP contribution in [-0.2, 0) is 14.4 Å². The van der Waals surface area contributed by atoms with Gasteiger partial charge in [-0.3, -0.25) is 24.6 Å². The van der Waals surface area contributed by atoms with Gasteiger partial charge in [0.2, 0.25) is 11.8 Å². The second-order valence-electron chi connectivity index (χ2n) is 7.99. The van der Waals surface area contributed by atoms with E-state index in [1.54, 1.807) is 13.8 Å².